The molecule has 1 fully saturated rings. The Morgan fingerprint density at radius 2 is 2.17 bits per heavy atom. The Labute approximate surface area is 73.2 Å². The molecule has 0 saturated heterocycles. The van der Waals surface area contributed by atoms with Crippen LogP contribution in [0.3, 0.4) is 0 Å². The van der Waals surface area contributed by atoms with Crippen LogP contribution in [0.15, 0.2) is 0 Å². The molecule has 3 nitrogen and oxygen atoms in total. The largest absolute Gasteiger partial charge is 0.387 e. The Kier molecular flexibility index (Phi) is 3.09. The number of hydrogen-bond donors (Lipinski definition) is 2. The Hall–Kier alpha value is -0.570. The number of hydrogen-bond acceptors (Lipinski definition) is 2. The Balaban J connectivity index is 2.37. The third-order valence-corrected chi connectivity index (χ3v) is 2.32. The molecule has 1 saturated carbocycles. The highest BCUT2D eigenvalue weighted by molar-refractivity contribution is 5.77. The van der Waals surface area contributed by atoms with Gasteiger partial charge in [-0.25, -0.2) is 0 Å². The monoisotopic (exact) mass is 171 g/mol. The van der Waals surface area contributed by atoms with Gasteiger partial charge in [-0.1, -0.05) is 13.8 Å². The number of carbonyl (C=O) groups excluding carboxylic acids is 1. The van der Waals surface area contributed by atoms with Gasteiger partial charge < -0.3 is 10.4 Å². The minimum absolute atomic E-state index is 0.249. The zero-order valence-corrected chi connectivity index (χ0v) is 7.71. The van der Waals surface area contributed by atoms with Crippen molar-refractivity contribution in [2.24, 2.45) is 11.8 Å². The van der Waals surface area contributed by atoms with Crippen LogP contribution in [0.1, 0.15) is 26.7 Å². The maximum atomic E-state index is 10.9. The van der Waals surface area contributed by atoms with Crippen LogP contribution in [0.4, 0.5) is 0 Å². The van der Waals surface area contributed by atoms with E-state index in [1.807, 2.05) is 0 Å². The fraction of sp³-hybridized carbons (Fsp3) is 0.889. The van der Waals surface area contributed by atoms with Crippen LogP contribution in [-0.4, -0.2) is 23.7 Å². The summed E-state index contributed by atoms with van der Waals surface area (Å²) in [6, 6.07) is 0.268. The number of carbonyl (C=O) groups is 1. The Morgan fingerprint density at radius 1 is 1.58 bits per heavy atom. The molecule has 12 heavy (non-hydrogen) atoms. The van der Waals surface area contributed by atoms with Gasteiger partial charge in [0, 0.05) is 6.04 Å². The summed E-state index contributed by atoms with van der Waals surface area (Å²) in [5, 5.41) is 11.4. The van der Waals surface area contributed by atoms with E-state index in [1.165, 1.54) is 12.8 Å². The van der Waals surface area contributed by atoms with Crippen LogP contribution in [0.25, 0.3) is 0 Å². The molecule has 1 rings (SSSR count). The minimum atomic E-state index is -0.393. The van der Waals surface area contributed by atoms with E-state index >= 15 is 0 Å². The van der Waals surface area contributed by atoms with Gasteiger partial charge >= 0.3 is 0 Å². The predicted octanol–water partition coefficient (Wildman–Crippen LogP) is 0.529. The average Bonchev–Trinajstić information content (AvgIpc) is 2.81. The van der Waals surface area contributed by atoms with Gasteiger partial charge in [-0.05, 0) is 24.7 Å². The van der Waals surface area contributed by atoms with E-state index in [4.69, 9.17) is 5.11 Å². The van der Waals surface area contributed by atoms with Crippen LogP contribution in [-0.2, 0) is 4.79 Å². The zero-order valence-electron chi connectivity index (χ0n) is 7.71. The summed E-state index contributed by atoms with van der Waals surface area (Å²) in [6.07, 6.45) is 2.43. The van der Waals surface area contributed by atoms with Gasteiger partial charge in [0.05, 0.1) is 0 Å². The van der Waals surface area contributed by atoms with Gasteiger partial charge in [0.15, 0.2) is 0 Å². The first-order valence-corrected chi connectivity index (χ1v) is 4.55. The number of aliphatic hydroxyl groups is 1. The Morgan fingerprint density at radius 3 is 2.50 bits per heavy atom. The van der Waals surface area contributed by atoms with Crippen molar-refractivity contribution in [1.82, 2.24) is 5.32 Å². The molecule has 0 radical (unpaired) electrons. The second-order valence-corrected chi connectivity index (χ2v) is 3.83. The smallest absolute Gasteiger partial charge is 0.245 e. The molecule has 0 spiro atoms. The zero-order chi connectivity index (χ0) is 9.14. The van der Waals surface area contributed by atoms with Crippen molar-refractivity contribution >= 4 is 5.91 Å². The second kappa shape index (κ2) is 3.90. The first-order chi connectivity index (χ1) is 5.65. The predicted molar refractivity (Wildman–Crippen MR) is 46.6 cm³/mol. The number of rotatable bonds is 4. The standard InChI is InChI=1S/C9H17NO2/c1-6(2)9(7-3-4-7)10-8(12)5-11/h6-7,9,11H,3-5H2,1-2H3,(H,10,12). The van der Waals surface area contributed by atoms with Crippen molar-refractivity contribution in [1.29, 1.82) is 0 Å². The molecule has 3 heteroatoms. The second-order valence-electron chi connectivity index (χ2n) is 3.83. The maximum absolute atomic E-state index is 10.9. The number of nitrogens with one attached hydrogen (secondary N) is 1. The number of amides is 1. The number of aliphatic hydroxyl groups excluding tert-OH is 1. The molecule has 2 N–H and O–H groups in total. The SMILES string of the molecule is CC(C)C(NC(=O)CO)C1CC1. The van der Waals surface area contributed by atoms with E-state index < -0.39 is 6.61 Å². The quantitative estimate of drug-likeness (QED) is 0.648. The summed E-state index contributed by atoms with van der Waals surface area (Å²) < 4.78 is 0. The molecular weight excluding hydrogens is 154 g/mol. The first kappa shape index (κ1) is 9.52. The third kappa shape index (κ3) is 2.48. The van der Waals surface area contributed by atoms with Gasteiger partial charge in [-0.15, -0.1) is 0 Å². The molecule has 1 unspecified atom stereocenters. The highest BCUT2D eigenvalue weighted by atomic mass is 16.3. The molecule has 0 aromatic carbocycles. The summed E-state index contributed by atoms with van der Waals surface area (Å²) in [4.78, 5) is 10.9. The molecule has 1 aliphatic rings. The van der Waals surface area contributed by atoms with Crippen molar-refractivity contribution < 1.29 is 9.90 Å². The summed E-state index contributed by atoms with van der Waals surface area (Å²) in [5.41, 5.74) is 0. The fourth-order valence-corrected chi connectivity index (χ4v) is 1.52. The molecule has 0 heterocycles. The molecule has 1 atom stereocenters. The van der Waals surface area contributed by atoms with Gasteiger partial charge in [0.1, 0.15) is 6.61 Å². The molecule has 1 amide bonds. The van der Waals surface area contributed by atoms with E-state index in [0.29, 0.717) is 11.8 Å². The normalized spacial score (nSPS) is 19.3. The van der Waals surface area contributed by atoms with Gasteiger partial charge in [0.2, 0.25) is 5.91 Å². The van der Waals surface area contributed by atoms with Crippen molar-refractivity contribution in [3.63, 3.8) is 0 Å². The summed E-state index contributed by atoms with van der Waals surface area (Å²) in [7, 11) is 0. The van der Waals surface area contributed by atoms with E-state index in [0.717, 1.165) is 0 Å². The molecule has 0 aromatic rings. The van der Waals surface area contributed by atoms with Gasteiger partial charge in [0.25, 0.3) is 0 Å². The topological polar surface area (TPSA) is 49.3 Å². The summed E-state index contributed by atoms with van der Waals surface area (Å²) in [5.74, 6) is 0.870. The van der Waals surface area contributed by atoms with Crippen LogP contribution in [0.2, 0.25) is 0 Å². The van der Waals surface area contributed by atoms with Crippen LogP contribution >= 0.6 is 0 Å². The van der Waals surface area contributed by atoms with Crippen molar-refractivity contribution in [2.75, 3.05) is 6.61 Å². The highest BCUT2D eigenvalue weighted by Crippen LogP contribution is 2.35. The minimum Gasteiger partial charge on any atom is -0.387 e. The van der Waals surface area contributed by atoms with Crippen molar-refractivity contribution in [3.8, 4) is 0 Å². The van der Waals surface area contributed by atoms with E-state index in [1.54, 1.807) is 0 Å². The van der Waals surface area contributed by atoms with Crippen molar-refractivity contribution in [3.05, 3.63) is 0 Å². The molecule has 70 valence electrons. The summed E-state index contributed by atoms with van der Waals surface area (Å²) in [6.45, 7) is 3.80. The highest BCUT2D eigenvalue weighted by Gasteiger charge is 2.33. The van der Waals surface area contributed by atoms with Gasteiger partial charge in [-0.2, -0.15) is 0 Å². The van der Waals surface area contributed by atoms with E-state index in [-0.39, 0.29) is 11.9 Å². The molecular formula is C9H17NO2. The molecule has 0 bridgehead atoms. The van der Waals surface area contributed by atoms with Crippen molar-refractivity contribution in [2.45, 2.75) is 32.7 Å². The maximum Gasteiger partial charge on any atom is 0.245 e. The molecule has 0 aromatic heterocycles. The van der Waals surface area contributed by atoms with E-state index in [2.05, 4.69) is 19.2 Å². The lowest BCUT2D eigenvalue weighted by molar-refractivity contribution is -0.125. The van der Waals surface area contributed by atoms with Crippen LogP contribution in [0.5, 0.6) is 0 Å². The van der Waals surface area contributed by atoms with Crippen LogP contribution < -0.4 is 5.32 Å². The summed E-state index contributed by atoms with van der Waals surface area (Å²) >= 11 is 0. The molecule has 0 aliphatic heterocycles. The lowest BCUT2D eigenvalue weighted by Gasteiger charge is -2.21. The lowest BCUT2D eigenvalue weighted by atomic mass is 10.00. The fourth-order valence-electron chi connectivity index (χ4n) is 1.52. The average molecular weight is 171 g/mol. The third-order valence-electron chi connectivity index (χ3n) is 2.32. The van der Waals surface area contributed by atoms with E-state index in [9.17, 15) is 4.79 Å². The molecule has 1 aliphatic carbocycles. The first-order valence-electron chi connectivity index (χ1n) is 4.55. The van der Waals surface area contributed by atoms with Gasteiger partial charge in [-0.3, -0.25) is 4.79 Å². The Bertz CT molecular complexity index is 162. The van der Waals surface area contributed by atoms with Crippen LogP contribution in [0, 0.1) is 11.8 Å². The lowest BCUT2D eigenvalue weighted by Crippen LogP contribution is -2.41.